The van der Waals surface area contributed by atoms with Gasteiger partial charge in [-0.05, 0) is 30.6 Å². The van der Waals surface area contributed by atoms with Gasteiger partial charge >= 0.3 is 0 Å². The van der Waals surface area contributed by atoms with Crippen molar-refractivity contribution < 1.29 is 0 Å². The van der Waals surface area contributed by atoms with Gasteiger partial charge in [-0.15, -0.1) is 0 Å². The summed E-state index contributed by atoms with van der Waals surface area (Å²) in [6.45, 7) is 11.9. The molecule has 2 atom stereocenters. The van der Waals surface area contributed by atoms with Crippen LogP contribution in [0.2, 0.25) is 0 Å². The van der Waals surface area contributed by atoms with E-state index >= 15 is 0 Å². The average Bonchev–Trinajstić information content (AvgIpc) is 2.55. The fourth-order valence-electron chi connectivity index (χ4n) is 4.14. The topological polar surface area (TPSA) is 0 Å². The van der Waals surface area contributed by atoms with Gasteiger partial charge in [0.05, 0.1) is 0 Å². The fraction of sp³-hybridized carbons (Fsp3) is 0.957. The average molecular weight is 324 g/mol. The van der Waals surface area contributed by atoms with Gasteiger partial charge in [-0.1, -0.05) is 118 Å². The third-order valence-corrected chi connectivity index (χ3v) is 5.59. The van der Waals surface area contributed by atoms with E-state index in [9.17, 15) is 0 Å². The molecular weight excluding hydrogens is 276 g/mol. The predicted molar refractivity (Wildman–Crippen MR) is 108 cm³/mol. The van der Waals surface area contributed by atoms with E-state index in [0.29, 0.717) is 0 Å². The Balaban J connectivity index is 4.16. The smallest absolute Gasteiger partial charge is 0.0208 e. The normalized spacial score (nSPS) is 14.3. The van der Waals surface area contributed by atoms with Gasteiger partial charge in [0.1, 0.15) is 0 Å². The maximum atomic E-state index is 2.52. The van der Waals surface area contributed by atoms with Crippen molar-refractivity contribution in [2.24, 2.45) is 11.8 Å². The van der Waals surface area contributed by atoms with E-state index in [1.807, 2.05) is 5.92 Å². The first-order valence-electron chi connectivity index (χ1n) is 11.1. The first kappa shape index (κ1) is 23.0. The molecule has 1 radical (unpaired) electrons. The van der Waals surface area contributed by atoms with Gasteiger partial charge in [0.2, 0.25) is 0 Å². The summed E-state index contributed by atoms with van der Waals surface area (Å²) in [5.41, 5.74) is 0. The Morgan fingerprint density at radius 1 is 0.609 bits per heavy atom. The van der Waals surface area contributed by atoms with Gasteiger partial charge in [-0.25, -0.2) is 0 Å². The molecule has 23 heavy (non-hydrogen) atoms. The van der Waals surface area contributed by atoms with Crippen LogP contribution in [0.15, 0.2) is 0 Å². The molecule has 0 bridgehead atoms. The second-order valence-electron chi connectivity index (χ2n) is 7.77. The summed E-state index contributed by atoms with van der Waals surface area (Å²) < 4.78 is 0. The maximum Gasteiger partial charge on any atom is -0.0208 e. The summed E-state index contributed by atoms with van der Waals surface area (Å²) in [5, 5.41) is 0. The molecule has 0 rings (SSSR count). The Kier molecular flexibility index (Phi) is 16.8. The van der Waals surface area contributed by atoms with Crippen LogP contribution in [-0.4, -0.2) is 0 Å². The Morgan fingerprint density at radius 3 is 1.74 bits per heavy atom. The minimum Gasteiger partial charge on any atom is -0.0654 e. The SMILES string of the molecule is CCCCCCCC[C](CCC)C(CC)C(C)CCCCCC. The molecule has 0 aliphatic heterocycles. The molecule has 0 amide bonds. The maximum absolute atomic E-state index is 2.52. The van der Waals surface area contributed by atoms with E-state index in [1.54, 1.807) is 0 Å². The van der Waals surface area contributed by atoms with E-state index < -0.39 is 0 Å². The van der Waals surface area contributed by atoms with Crippen molar-refractivity contribution in [3.05, 3.63) is 5.92 Å². The van der Waals surface area contributed by atoms with Gasteiger partial charge < -0.3 is 0 Å². The molecule has 0 N–H and O–H groups in total. The molecule has 0 saturated heterocycles. The van der Waals surface area contributed by atoms with Crippen molar-refractivity contribution in [2.45, 2.75) is 131 Å². The highest BCUT2D eigenvalue weighted by atomic mass is 14.3. The molecule has 0 aromatic rings. The van der Waals surface area contributed by atoms with E-state index in [0.717, 1.165) is 11.8 Å². The third kappa shape index (κ3) is 12.1. The standard InChI is InChI=1S/C23H47/c1-6-10-12-14-15-17-20-22(18-8-3)23(9-4)21(5)19-16-13-11-7-2/h21,23H,6-20H2,1-5H3. The van der Waals surface area contributed by atoms with Crippen LogP contribution in [0.5, 0.6) is 0 Å². The third-order valence-electron chi connectivity index (χ3n) is 5.59. The van der Waals surface area contributed by atoms with Crippen molar-refractivity contribution in [1.82, 2.24) is 0 Å². The van der Waals surface area contributed by atoms with Crippen LogP contribution in [0.4, 0.5) is 0 Å². The van der Waals surface area contributed by atoms with Crippen molar-refractivity contribution >= 4 is 0 Å². The zero-order valence-corrected chi connectivity index (χ0v) is 17.3. The van der Waals surface area contributed by atoms with Gasteiger partial charge in [0, 0.05) is 0 Å². The molecular formula is C23H47. The Labute approximate surface area is 149 Å². The summed E-state index contributed by atoms with van der Waals surface area (Å²) in [6.07, 6.45) is 21.2. The lowest BCUT2D eigenvalue weighted by Gasteiger charge is -2.31. The van der Waals surface area contributed by atoms with Crippen molar-refractivity contribution in [1.29, 1.82) is 0 Å². The summed E-state index contributed by atoms with van der Waals surface area (Å²) in [6, 6.07) is 0. The fourth-order valence-corrected chi connectivity index (χ4v) is 4.14. The highest BCUT2D eigenvalue weighted by Crippen LogP contribution is 2.36. The van der Waals surface area contributed by atoms with Crippen LogP contribution in [0.25, 0.3) is 0 Å². The summed E-state index contributed by atoms with van der Waals surface area (Å²) in [7, 11) is 0. The molecule has 0 fully saturated rings. The highest BCUT2D eigenvalue weighted by molar-refractivity contribution is 4.97. The molecule has 0 aromatic carbocycles. The monoisotopic (exact) mass is 323 g/mol. The molecule has 0 nitrogen and oxygen atoms in total. The van der Waals surface area contributed by atoms with Crippen molar-refractivity contribution in [2.75, 3.05) is 0 Å². The second kappa shape index (κ2) is 16.8. The zero-order chi connectivity index (χ0) is 17.3. The van der Waals surface area contributed by atoms with E-state index in [4.69, 9.17) is 0 Å². The lowest BCUT2D eigenvalue weighted by atomic mass is 9.74. The van der Waals surface area contributed by atoms with Crippen LogP contribution < -0.4 is 0 Å². The Morgan fingerprint density at radius 2 is 1.17 bits per heavy atom. The summed E-state index contributed by atoms with van der Waals surface area (Å²) in [5.74, 6) is 3.71. The zero-order valence-electron chi connectivity index (χ0n) is 17.3. The quantitative estimate of drug-likeness (QED) is 0.235. The minimum atomic E-state index is 0.896. The van der Waals surface area contributed by atoms with Crippen LogP contribution in [-0.2, 0) is 0 Å². The lowest BCUT2D eigenvalue weighted by molar-refractivity contribution is 0.304. The Bertz CT molecular complexity index is 220. The van der Waals surface area contributed by atoms with Gasteiger partial charge in [0.25, 0.3) is 0 Å². The number of rotatable bonds is 17. The van der Waals surface area contributed by atoms with Crippen molar-refractivity contribution in [3.63, 3.8) is 0 Å². The number of hydrogen-bond acceptors (Lipinski definition) is 0. The predicted octanol–water partition coefficient (Wildman–Crippen LogP) is 8.74. The molecule has 0 spiro atoms. The Hall–Kier alpha value is 0. The summed E-state index contributed by atoms with van der Waals surface area (Å²) >= 11 is 0. The molecule has 0 aliphatic rings. The molecule has 139 valence electrons. The molecule has 0 heterocycles. The van der Waals surface area contributed by atoms with Crippen molar-refractivity contribution in [3.8, 4) is 0 Å². The first-order chi connectivity index (χ1) is 11.2. The molecule has 0 saturated carbocycles. The van der Waals surface area contributed by atoms with Gasteiger partial charge in [-0.3, -0.25) is 0 Å². The number of hydrogen-bond donors (Lipinski definition) is 0. The van der Waals surface area contributed by atoms with Gasteiger partial charge in [-0.2, -0.15) is 0 Å². The van der Waals surface area contributed by atoms with E-state index in [1.165, 1.54) is 96.3 Å². The molecule has 2 unspecified atom stereocenters. The minimum absolute atomic E-state index is 0.896. The number of unbranched alkanes of at least 4 members (excludes halogenated alkanes) is 8. The van der Waals surface area contributed by atoms with E-state index in [2.05, 4.69) is 34.6 Å². The van der Waals surface area contributed by atoms with Gasteiger partial charge in [0.15, 0.2) is 0 Å². The lowest BCUT2D eigenvalue weighted by Crippen LogP contribution is -2.20. The molecule has 0 heteroatoms. The first-order valence-corrected chi connectivity index (χ1v) is 11.1. The highest BCUT2D eigenvalue weighted by Gasteiger charge is 2.24. The van der Waals surface area contributed by atoms with Crippen LogP contribution >= 0.6 is 0 Å². The second-order valence-corrected chi connectivity index (χ2v) is 7.77. The van der Waals surface area contributed by atoms with E-state index in [-0.39, 0.29) is 0 Å². The largest absolute Gasteiger partial charge is 0.0654 e. The van der Waals surface area contributed by atoms with Crippen LogP contribution in [0, 0.1) is 17.8 Å². The summed E-state index contributed by atoms with van der Waals surface area (Å²) in [4.78, 5) is 0. The molecule has 0 aliphatic carbocycles. The van der Waals surface area contributed by atoms with Crippen LogP contribution in [0.1, 0.15) is 131 Å². The van der Waals surface area contributed by atoms with Crippen LogP contribution in [0.3, 0.4) is 0 Å². The molecule has 0 aromatic heterocycles.